The van der Waals surface area contributed by atoms with Crippen molar-refractivity contribution in [2.75, 3.05) is 5.32 Å². The Kier molecular flexibility index (Phi) is 5.33. The molecule has 0 bridgehead atoms. The van der Waals surface area contributed by atoms with Gasteiger partial charge >= 0.3 is 0 Å². The highest BCUT2D eigenvalue weighted by Crippen LogP contribution is 2.18. The van der Waals surface area contributed by atoms with Crippen molar-refractivity contribution in [1.82, 2.24) is 25.5 Å². The molecule has 26 heavy (non-hydrogen) atoms. The molecule has 0 spiro atoms. The fourth-order valence-corrected chi connectivity index (χ4v) is 2.48. The molecule has 2 N–H and O–H groups in total. The topological polar surface area (TPSA) is 102 Å². The third-order valence-corrected chi connectivity index (χ3v) is 3.79. The Labute approximate surface area is 150 Å². The number of benzene rings is 2. The van der Waals surface area contributed by atoms with E-state index in [0.29, 0.717) is 11.3 Å². The molecule has 0 aliphatic carbocycles. The zero-order valence-corrected chi connectivity index (χ0v) is 14.2. The van der Waals surface area contributed by atoms with Gasteiger partial charge in [-0.25, -0.2) is 4.68 Å². The van der Waals surface area contributed by atoms with Crippen molar-refractivity contribution < 1.29 is 9.59 Å². The van der Waals surface area contributed by atoms with E-state index in [1.165, 1.54) is 11.0 Å². The fraction of sp³-hybridized carbons (Fsp3) is 0.167. The van der Waals surface area contributed by atoms with E-state index >= 15 is 0 Å². The maximum atomic E-state index is 12.6. The zero-order chi connectivity index (χ0) is 18.4. The Bertz CT molecular complexity index is 880. The van der Waals surface area contributed by atoms with Gasteiger partial charge in [-0.2, -0.15) is 0 Å². The van der Waals surface area contributed by atoms with Crippen LogP contribution in [0.4, 0.5) is 5.69 Å². The number of hydrogen-bond donors (Lipinski definition) is 2. The number of carbonyl (C=O) groups excluding carboxylic acids is 2. The molecular formula is C18H18N6O2. The molecule has 1 heterocycles. The van der Waals surface area contributed by atoms with Gasteiger partial charge in [0.1, 0.15) is 12.9 Å². The monoisotopic (exact) mass is 350 g/mol. The van der Waals surface area contributed by atoms with E-state index in [9.17, 15) is 9.59 Å². The molecule has 132 valence electrons. The summed E-state index contributed by atoms with van der Waals surface area (Å²) in [5.41, 5.74) is 1.82. The number of para-hydroxylation sites is 1. The number of carbonyl (C=O) groups is 2. The third kappa shape index (κ3) is 4.29. The second kappa shape index (κ2) is 8.02. The van der Waals surface area contributed by atoms with Crippen LogP contribution in [0.15, 0.2) is 60.9 Å². The first-order chi connectivity index (χ1) is 12.6. The minimum atomic E-state index is -0.325. The van der Waals surface area contributed by atoms with E-state index in [1.807, 2.05) is 37.3 Å². The van der Waals surface area contributed by atoms with Gasteiger partial charge in [-0.05, 0) is 35.0 Å². The minimum Gasteiger partial charge on any atom is -0.345 e. The van der Waals surface area contributed by atoms with Crippen molar-refractivity contribution in [2.24, 2.45) is 0 Å². The number of rotatable bonds is 6. The number of nitrogens with one attached hydrogen (secondary N) is 2. The highest BCUT2D eigenvalue weighted by Gasteiger charge is 2.16. The van der Waals surface area contributed by atoms with Crippen molar-refractivity contribution in [3.05, 3.63) is 72.1 Å². The summed E-state index contributed by atoms with van der Waals surface area (Å²) in [6, 6.07) is 16.4. The smallest absolute Gasteiger partial charge is 0.253 e. The van der Waals surface area contributed by atoms with Crippen LogP contribution in [0, 0.1) is 0 Å². The van der Waals surface area contributed by atoms with Crippen molar-refractivity contribution in [2.45, 2.75) is 19.5 Å². The summed E-state index contributed by atoms with van der Waals surface area (Å²) < 4.78 is 1.30. The number of anilines is 1. The fourth-order valence-electron chi connectivity index (χ4n) is 2.48. The van der Waals surface area contributed by atoms with Crippen LogP contribution in [0.3, 0.4) is 0 Å². The second-order valence-electron chi connectivity index (χ2n) is 5.71. The molecule has 0 saturated carbocycles. The van der Waals surface area contributed by atoms with Gasteiger partial charge in [-0.3, -0.25) is 9.59 Å². The molecule has 2 aromatic carbocycles. The maximum absolute atomic E-state index is 12.6. The van der Waals surface area contributed by atoms with E-state index in [2.05, 4.69) is 26.2 Å². The van der Waals surface area contributed by atoms with Gasteiger partial charge in [0.2, 0.25) is 5.91 Å². The molecule has 3 aromatic rings. The Balaban J connectivity index is 1.70. The quantitative estimate of drug-likeness (QED) is 0.706. The number of tetrazole rings is 1. The molecule has 0 aliphatic rings. The summed E-state index contributed by atoms with van der Waals surface area (Å²) in [6.07, 6.45) is 1.35. The molecule has 1 atom stereocenters. The zero-order valence-electron chi connectivity index (χ0n) is 14.2. The molecule has 2 amide bonds. The first kappa shape index (κ1) is 17.3. The largest absolute Gasteiger partial charge is 0.345 e. The van der Waals surface area contributed by atoms with Crippen molar-refractivity contribution >= 4 is 17.5 Å². The van der Waals surface area contributed by atoms with E-state index in [1.54, 1.807) is 24.3 Å². The summed E-state index contributed by atoms with van der Waals surface area (Å²) in [7, 11) is 0. The van der Waals surface area contributed by atoms with Crippen LogP contribution in [0.2, 0.25) is 0 Å². The molecule has 0 aliphatic heterocycles. The SMILES string of the molecule is C[C@@H](NC(=O)c1ccccc1NC(=O)Cn1cnnn1)c1ccccc1. The predicted molar refractivity (Wildman–Crippen MR) is 95.2 cm³/mol. The molecule has 0 unspecified atom stereocenters. The van der Waals surface area contributed by atoms with Crippen LogP contribution in [-0.4, -0.2) is 32.0 Å². The van der Waals surface area contributed by atoms with Crippen LogP contribution in [-0.2, 0) is 11.3 Å². The van der Waals surface area contributed by atoms with Gasteiger partial charge < -0.3 is 10.6 Å². The molecule has 1 aromatic heterocycles. The summed E-state index contributed by atoms with van der Waals surface area (Å²) >= 11 is 0. The third-order valence-electron chi connectivity index (χ3n) is 3.79. The normalized spacial score (nSPS) is 11.6. The van der Waals surface area contributed by atoms with Crippen LogP contribution in [0.1, 0.15) is 28.9 Å². The Morgan fingerprint density at radius 3 is 2.54 bits per heavy atom. The van der Waals surface area contributed by atoms with Gasteiger partial charge in [0.15, 0.2) is 0 Å². The Morgan fingerprint density at radius 1 is 1.08 bits per heavy atom. The van der Waals surface area contributed by atoms with Gasteiger partial charge in [0.05, 0.1) is 17.3 Å². The molecular weight excluding hydrogens is 332 g/mol. The second-order valence-corrected chi connectivity index (χ2v) is 5.71. The van der Waals surface area contributed by atoms with Crippen molar-refractivity contribution in [3.63, 3.8) is 0 Å². The first-order valence-corrected chi connectivity index (χ1v) is 8.09. The van der Waals surface area contributed by atoms with E-state index in [-0.39, 0.29) is 24.4 Å². The average molecular weight is 350 g/mol. The molecule has 8 heteroatoms. The number of nitrogens with zero attached hydrogens (tertiary/aromatic N) is 4. The van der Waals surface area contributed by atoms with Gasteiger partial charge in [-0.15, -0.1) is 5.10 Å². The lowest BCUT2D eigenvalue weighted by Gasteiger charge is -2.16. The van der Waals surface area contributed by atoms with E-state index in [4.69, 9.17) is 0 Å². The van der Waals surface area contributed by atoms with Crippen LogP contribution < -0.4 is 10.6 Å². The number of aromatic nitrogens is 4. The van der Waals surface area contributed by atoms with Crippen molar-refractivity contribution in [1.29, 1.82) is 0 Å². The molecule has 0 radical (unpaired) electrons. The first-order valence-electron chi connectivity index (χ1n) is 8.09. The van der Waals surface area contributed by atoms with Gasteiger partial charge in [0, 0.05) is 0 Å². The van der Waals surface area contributed by atoms with Gasteiger partial charge in [-0.1, -0.05) is 42.5 Å². The maximum Gasteiger partial charge on any atom is 0.253 e. The van der Waals surface area contributed by atoms with E-state index < -0.39 is 0 Å². The molecule has 0 fully saturated rings. The molecule has 3 rings (SSSR count). The molecule has 0 saturated heterocycles. The number of amides is 2. The summed E-state index contributed by atoms with van der Waals surface area (Å²) in [4.78, 5) is 24.8. The van der Waals surface area contributed by atoms with Crippen LogP contribution >= 0.6 is 0 Å². The highest BCUT2D eigenvalue weighted by atomic mass is 16.2. The lowest BCUT2D eigenvalue weighted by molar-refractivity contribution is -0.116. The van der Waals surface area contributed by atoms with Crippen LogP contribution in [0.25, 0.3) is 0 Å². The predicted octanol–water partition coefficient (Wildman–Crippen LogP) is 1.80. The average Bonchev–Trinajstić information content (AvgIpc) is 3.15. The highest BCUT2D eigenvalue weighted by molar-refractivity contribution is 6.03. The Morgan fingerprint density at radius 2 is 1.81 bits per heavy atom. The lowest BCUT2D eigenvalue weighted by atomic mass is 10.1. The van der Waals surface area contributed by atoms with Crippen LogP contribution in [0.5, 0.6) is 0 Å². The molecule has 8 nitrogen and oxygen atoms in total. The minimum absolute atomic E-state index is 0.0383. The van der Waals surface area contributed by atoms with Crippen molar-refractivity contribution in [3.8, 4) is 0 Å². The standard InChI is InChI=1S/C18H18N6O2/c1-13(14-7-3-2-4-8-14)20-18(26)15-9-5-6-10-16(15)21-17(25)11-24-12-19-22-23-24/h2-10,12-13H,11H2,1H3,(H,20,26)(H,21,25)/t13-/m1/s1. The van der Waals surface area contributed by atoms with Gasteiger partial charge in [0.25, 0.3) is 5.91 Å². The number of hydrogen-bond acceptors (Lipinski definition) is 5. The summed E-state index contributed by atoms with van der Waals surface area (Å²) in [5.74, 6) is -0.590. The summed E-state index contributed by atoms with van der Waals surface area (Å²) in [6.45, 7) is 1.87. The lowest BCUT2D eigenvalue weighted by Crippen LogP contribution is -2.28. The summed E-state index contributed by atoms with van der Waals surface area (Å²) in [5, 5.41) is 16.3. The van der Waals surface area contributed by atoms with E-state index in [0.717, 1.165) is 5.56 Å². The Hall–Kier alpha value is -3.55.